The molecule has 0 spiro atoms. The molecular formula is C25H33N3O4. The van der Waals surface area contributed by atoms with Crippen LogP contribution in [0.1, 0.15) is 31.4 Å². The van der Waals surface area contributed by atoms with Crippen LogP contribution in [0.2, 0.25) is 0 Å². The smallest absolute Gasteiger partial charge is 0.227 e. The van der Waals surface area contributed by atoms with Crippen LogP contribution < -0.4 is 19.7 Å². The standard InChI is InChI=1S/C25H33N3O4/c1-5-27(6-2)16-19-9-7-8-18(12-19)15-26-25(30)20-13-24(29)28(17-20)22-14-21(31-3)10-11-23(22)32-4/h7-12,14,20H,5-6,13,15-17H2,1-4H3,(H,26,30). The molecule has 1 saturated heterocycles. The number of amides is 2. The fourth-order valence-electron chi connectivity index (χ4n) is 4.00. The lowest BCUT2D eigenvalue weighted by Gasteiger charge is -2.20. The number of carbonyl (C=O) groups excluding carboxylic acids is 2. The van der Waals surface area contributed by atoms with E-state index in [2.05, 4.69) is 36.2 Å². The van der Waals surface area contributed by atoms with Gasteiger partial charge in [-0.3, -0.25) is 14.5 Å². The van der Waals surface area contributed by atoms with E-state index >= 15 is 0 Å². The first-order chi connectivity index (χ1) is 15.5. The molecule has 0 aromatic heterocycles. The molecule has 1 aliphatic heterocycles. The minimum absolute atomic E-state index is 0.0991. The molecule has 2 aromatic carbocycles. The van der Waals surface area contributed by atoms with E-state index in [4.69, 9.17) is 9.47 Å². The molecule has 0 saturated carbocycles. The molecule has 0 radical (unpaired) electrons. The molecule has 172 valence electrons. The third kappa shape index (κ3) is 5.59. The minimum Gasteiger partial charge on any atom is -0.497 e. The summed E-state index contributed by atoms with van der Waals surface area (Å²) in [5.41, 5.74) is 2.91. The summed E-state index contributed by atoms with van der Waals surface area (Å²) in [6, 6.07) is 13.6. The molecule has 1 atom stereocenters. The Morgan fingerprint density at radius 3 is 2.53 bits per heavy atom. The molecule has 1 unspecified atom stereocenters. The van der Waals surface area contributed by atoms with E-state index in [0.29, 0.717) is 30.3 Å². The lowest BCUT2D eigenvalue weighted by atomic mass is 10.1. The van der Waals surface area contributed by atoms with E-state index < -0.39 is 5.92 Å². The van der Waals surface area contributed by atoms with Gasteiger partial charge in [-0.2, -0.15) is 0 Å². The molecule has 3 rings (SSSR count). The number of methoxy groups -OCH3 is 2. The zero-order chi connectivity index (χ0) is 23.1. The predicted molar refractivity (Wildman–Crippen MR) is 125 cm³/mol. The molecule has 7 heteroatoms. The highest BCUT2D eigenvalue weighted by Crippen LogP contribution is 2.36. The van der Waals surface area contributed by atoms with Gasteiger partial charge in [-0.05, 0) is 36.3 Å². The highest BCUT2D eigenvalue weighted by atomic mass is 16.5. The monoisotopic (exact) mass is 439 g/mol. The molecule has 1 fully saturated rings. The Kier molecular flexibility index (Phi) is 8.11. The van der Waals surface area contributed by atoms with Gasteiger partial charge in [-0.25, -0.2) is 0 Å². The van der Waals surface area contributed by atoms with Crippen molar-refractivity contribution in [2.24, 2.45) is 5.92 Å². The summed E-state index contributed by atoms with van der Waals surface area (Å²) in [6.07, 6.45) is 0.175. The van der Waals surface area contributed by atoms with Crippen LogP contribution in [0.4, 0.5) is 5.69 Å². The van der Waals surface area contributed by atoms with Crippen LogP contribution >= 0.6 is 0 Å². The van der Waals surface area contributed by atoms with Crippen LogP contribution in [0.15, 0.2) is 42.5 Å². The summed E-state index contributed by atoms with van der Waals surface area (Å²) in [7, 11) is 3.13. The van der Waals surface area contributed by atoms with Gasteiger partial charge in [0.15, 0.2) is 0 Å². The largest absolute Gasteiger partial charge is 0.497 e. The number of ether oxygens (including phenoxy) is 2. The first-order valence-corrected chi connectivity index (χ1v) is 11.1. The average Bonchev–Trinajstić information content (AvgIpc) is 3.22. The lowest BCUT2D eigenvalue weighted by molar-refractivity contribution is -0.126. The van der Waals surface area contributed by atoms with Gasteiger partial charge in [0.2, 0.25) is 11.8 Å². The van der Waals surface area contributed by atoms with Gasteiger partial charge < -0.3 is 19.7 Å². The Morgan fingerprint density at radius 2 is 1.84 bits per heavy atom. The zero-order valence-corrected chi connectivity index (χ0v) is 19.4. The number of hydrogen-bond acceptors (Lipinski definition) is 5. The number of rotatable bonds is 10. The SMILES string of the molecule is CCN(CC)Cc1cccc(CNC(=O)C2CC(=O)N(c3cc(OC)ccc3OC)C2)c1. The maximum absolute atomic E-state index is 12.8. The average molecular weight is 440 g/mol. The van der Waals surface area contributed by atoms with E-state index in [9.17, 15) is 9.59 Å². The molecule has 1 N–H and O–H groups in total. The second-order valence-electron chi connectivity index (χ2n) is 7.94. The number of anilines is 1. The van der Waals surface area contributed by atoms with Crippen LogP contribution in [-0.2, 0) is 22.7 Å². The summed E-state index contributed by atoms with van der Waals surface area (Å²) < 4.78 is 10.7. The molecule has 0 aliphatic carbocycles. The number of hydrogen-bond donors (Lipinski definition) is 1. The van der Waals surface area contributed by atoms with Gasteiger partial charge in [0.1, 0.15) is 11.5 Å². The van der Waals surface area contributed by atoms with E-state index in [0.717, 1.165) is 25.2 Å². The van der Waals surface area contributed by atoms with Crippen LogP contribution in [0, 0.1) is 5.92 Å². The summed E-state index contributed by atoms with van der Waals surface area (Å²) in [4.78, 5) is 29.5. The molecule has 0 bridgehead atoms. The van der Waals surface area contributed by atoms with Crippen LogP contribution in [0.5, 0.6) is 11.5 Å². The third-order valence-electron chi connectivity index (χ3n) is 5.93. The van der Waals surface area contributed by atoms with Crippen LogP contribution in [-0.4, -0.2) is 50.6 Å². The number of nitrogens with one attached hydrogen (secondary N) is 1. The van der Waals surface area contributed by atoms with E-state index in [1.54, 1.807) is 37.3 Å². The first-order valence-electron chi connectivity index (χ1n) is 11.1. The highest BCUT2D eigenvalue weighted by molar-refractivity contribution is 6.01. The molecule has 32 heavy (non-hydrogen) atoms. The molecule has 1 aliphatic rings. The van der Waals surface area contributed by atoms with Gasteiger partial charge >= 0.3 is 0 Å². The summed E-state index contributed by atoms with van der Waals surface area (Å²) >= 11 is 0. The highest BCUT2D eigenvalue weighted by Gasteiger charge is 2.36. The zero-order valence-electron chi connectivity index (χ0n) is 19.4. The Morgan fingerprint density at radius 1 is 1.09 bits per heavy atom. The maximum atomic E-state index is 12.8. The number of carbonyl (C=O) groups is 2. The Balaban J connectivity index is 1.62. The van der Waals surface area contributed by atoms with Gasteiger partial charge in [0, 0.05) is 32.1 Å². The molecule has 7 nitrogen and oxygen atoms in total. The van der Waals surface area contributed by atoms with Crippen molar-refractivity contribution in [3.8, 4) is 11.5 Å². The maximum Gasteiger partial charge on any atom is 0.227 e. The minimum atomic E-state index is -0.405. The van der Waals surface area contributed by atoms with Gasteiger partial charge in [0.05, 0.1) is 25.8 Å². The summed E-state index contributed by atoms with van der Waals surface area (Å²) in [5.74, 6) is 0.586. The second kappa shape index (κ2) is 11.0. The Labute approximate surface area is 190 Å². The Hall–Kier alpha value is -3.06. The van der Waals surface area contributed by atoms with Crippen molar-refractivity contribution >= 4 is 17.5 Å². The third-order valence-corrected chi connectivity index (χ3v) is 5.93. The van der Waals surface area contributed by atoms with Crippen molar-refractivity contribution in [3.63, 3.8) is 0 Å². The lowest BCUT2D eigenvalue weighted by Crippen LogP contribution is -2.32. The Bertz CT molecular complexity index is 943. The summed E-state index contributed by atoms with van der Waals surface area (Å²) in [5, 5.41) is 3.01. The van der Waals surface area contributed by atoms with E-state index in [1.165, 1.54) is 5.56 Å². The van der Waals surface area contributed by atoms with E-state index in [1.807, 2.05) is 12.1 Å². The van der Waals surface area contributed by atoms with E-state index in [-0.39, 0.29) is 18.2 Å². The number of benzene rings is 2. The van der Waals surface area contributed by atoms with Crippen molar-refractivity contribution in [3.05, 3.63) is 53.6 Å². The topological polar surface area (TPSA) is 71.1 Å². The second-order valence-corrected chi connectivity index (χ2v) is 7.94. The van der Waals surface area contributed by atoms with Gasteiger partial charge in [-0.1, -0.05) is 38.1 Å². The molecule has 2 aromatic rings. The van der Waals surface area contributed by atoms with Gasteiger partial charge in [-0.15, -0.1) is 0 Å². The summed E-state index contributed by atoms with van der Waals surface area (Å²) in [6.45, 7) is 7.96. The quantitative estimate of drug-likeness (QED) is 0.616. The fraction of sp³-hybridized carbons (Fsp3) is 0.440. The van der Waals surface area contributed by atoms with Crippen molar-refractivity contribution < 1.29 is 19.1 Å². The number of nitrogens with zero attached hydrogens (tertiary/aromatic N) is 2. The molecular weight excluding hydrogens is 406 g/mol. The van der Waals surface area contributed by atoms with Crippen LogP contribution in [0.25, 0.3) is 0 Å². The van der Waals surface area contributed by atoms with Gasteiger partial charge in [0.25, 0.3) is 0 Å². The molecule has 2 amide bonds. The van der Waals surface area contributed by atoms with Crippen molar-refractivity contribution in [2.75, 3.05) is 38.8 Å². The first kappa shape index (κ1) is 23.6. The van der Waals surface area contributed by atoms with Crippen LogP contribution in [0.3, 0.4) is 0 Å². The molecule has 1 heterocycles. The normalized spacial score (nSPS) is 15.8. The fourth-order valence-corrected chi connectivity index (χ4v) is 4.00. The van der Waals surface area contributed by atoms with Crippen molar-refractivity contribution in [1.82, 2.24) is 10.2 Å². The predicted octanol–water partition coefficient (Wildman–Crippen LogP) is 3.21. The van der Waals surface area contributed by atoms with Crippen molar-refractivity contribution in [2.45, 2.75) is 33.4 Å². The van der Waals surface area contributed by atoms with Crippen molar-refractivity contribution in [1.29, 1.82) is 0 Å².